The van der Waals surface area contributed by atoms with E-state index in [0.29, 0.717) is 13.2 Å². The van der Waals surface area contributed by atoms with Gasteiger partial charge in [-0.1, -0.05) is 0 Å². The van der Waals surface area contributed by atoms with E-state index in [2.05, 4.69) is 9.80 Å². The monoisotopic (exact) mass is 374 g/mol. The topological polar surface area (TPSA) is 59.1 Å². The molecular weight excluding hydrogens is 348 g/mol. The highest BCUT2D eigenvalue weighted by Gasteiger charge is 2.11. The minimum absolute atomic E-state index is 0.357. The van der Waals surface area contributed by atoms with E-state index in [4.69, 9.17) is 9.47 Å². The van der Waals surface area contributed by atoms with Crippen LogP contribution in [-0.2, 0) is 19.1 Å². The minimum atomic E-state index is -0.494. The highest BCUT2D eigenvalue weighted by atomic mass is 32.2. The van der Waals surface area contributed by atoms with Crippen molar-refractivity contribution in [2.45, 2.75) is 0 Å². The van der Waals surface area contributed by atoms with Crippen LogP contribution in [0.3, 0.4) is 0 Å². The Morgan fingerprint density at radius 2 is 1.12 bits per heavy atom. The molecule has 6 nitrogen and oxygen atoms in total. The van der Waals surface area contributed by atoms with Gasteiger partial charge in [0.05, 0.1) is 0 Å². The molecule has 0 aromatic carbocycles. The molecule has 0 aromatic heterocycles. The average molecular weight is 375 g/mol. The van der Waals surface area contributed by atoms with E-state index in [1.165, 1.54) is 0 Å². The Balaban J connectivity index is 1.50. The van der Waals surface area contributed by atoms with Crippen LogP contribution >= 0.6 is 23.5 Å². The molecule has 2 saturated heterocycles. The van der Waals surface area contributed by atoms with Gasteiger partial charge in [-0.15, -0.1) is 0 Å². The van der Waals surface area contributed by atoms with Gasteiger partial charge < -0.3 is 9.47 Å². The molecule has 0 bridgehead atoms. The fourth-order valence-corrected chi connectivity index (χ4v) is 4.39. The molecule has 0 saturated carbocycles. The molecule has 136 valence electrons. The van der Waals surface area contributed by atoms with Crippen molar-refractivity contribution in [3.8, 4) is 0 Å². The van der Waals surface area contributed by atoms with Crippen LogP contribution in [0.25, 0.3) is 0 Å². The van der Waals surface area contributed by atoms with Crippen molar-refractivity contribution < 1.29 is 19.1 Å². The molecule has 0 amide bonds. The van der Waals surface area contributed by atoms with Crippen LogP contribution in [0.1, 0.15) is 0 Å². The number of carbonyl (C=O) groups excluding carboxylic acids is 2. The van der Waals surface area contributed by atoms with Crippen LogP contribution in [0, 0.1) is 0 Å². The zero-order chi connectivity index (χ0) is 17.0. The van der Waals surface area contributed by atoms with Gasteiger partial charge in [0.2, 0.25) is 0 Å². The van der Waals surface area contributed by atoms with Crippen LogP contribution in [0.15, 0.2) is 12.2 Å². The summed E-state index contributed by atoms with van der Waals surface area (Å²) in [6.45, 7) is 6.38. The van der Waals surface area contributed by atoms with Crippen molar-refractivity contribution in [2.24, 2.45) is 0 Å². The molecule has 2 aliphatic rings. The standard InChI is InChI=1S/C16H26N2O4S2/c19-15(21-9-3-17-5-11-23-12-6-17)1-2-16(20)22-10-4-18-7-13-24-14-8-18/h1-2H,3-14H2/b2-1+. The summed E-state index contributed by atoms with van der Waals surface area (Å²) in [5.41, 5.74) is 0. The smallest absolute Gasteiger partial charge is 0.331 e. The Labute approximate surface area is 152 Å². The van der Waals surface area contributed by atoms with E-state index in [0.717, 1.165) is 74.4 Å². The van der Waals surface area contributed by atoms with Gasteiger partial charge >= 0.3 is 11.9 Å². The Morgan fingerprint density at radius 3 is 1.50 bits per heavy atom. The lowest BCUT2D eigenvalue weighted by Crippen LogP contribution is -2.35. The van der Waals surface area contributed by atoms with E-state index >= 15 is 0 Å². The minimum Gasteiger partial charge on any atom is -0.461 e. The third-order valence-corrected chi connectivity index (χ3v) is 5.75. The number of esters is 2. The van der Waals surface area contributed by atoms with Gasteiger partial charge in [-0.05, 0) is 0 Å². The van der Waals surface area contributed by atoms with E-state index < -0.39 is 11.9 Å². The van der Waals surface area contributed by atoms with Gasteiger partial charge in [-0.25, -0.2) is 9.59 Å². The number of thioether (sulfide) groups is 2. The summed E-state index contributed by atoms with van der Waals surface area (Å²) >= 11 is 3.90. The zero-order valence-corrected chi connectivity index (χ0v) is 15.6. The predicted molar refractivity (Wildman–Crippen MR) is 98.6 cm³/mol. The first-order chi connectivity index (χ1) is 11.7. The largest absolute Gasteiger partial charge is 0.461 e. The summed E-state index contributed by atoms with van der Waals surface area (Å²) in [5.74, 6) is 3.55. The molecule has 0 N–H and O–H groups in total. The molecule has 2 heterocycles. The van der Waals surface area contributed by atoms with Gasteiger partial charge in [-0.3, -0.25) is 9.80 Å². The zero-order valence-electron chi connectivity index (χ0n) is 14.0. The van der Waals surface area contributed by atoms with Crippen molar-refractivity contribution >= 4 is 35.5 Å². The first kappa shape index (κ1) is 19.6. The van der Waals surface area contributed by atoms with Crippen LogP contribution in [0.4, 0.5) is 0 Å². The summed E-state index contributed by atoms with van der Waals surface area (Å²) in [5, 5.41) is 0. The van der Waals surface area contributed by atoms with E-state index in [1.54, 1.807) is 0 Å². The van der Waals surface area contributed by atoms with E-state index in [-0.39, 0.29) is 0 Å². The van der Waals surface area contributed by atoms with Gasteiger partial charge in [0, 0.05) is 74.4 Å². The predicted octanol–water partition coefficient (Wildman–Crippen LogP) is 0.727. The van der Waals surface area contributed by atoms with Crippen molar-refractivity contribution in [1.29, 1.82) is 0 Å². The molecule has 0 atom stereocenters. The summed E-state index contributed by atoms with van der Waals surface area (Å²) in [4.78, 5) is 27.7. The van der Waals surface area contributed by atoms with Crippen molar-refractivity contribution in [3.05, 3.63) is 12.2 Å². The fraction of sp³-hybridized carbons (Fsp3) is 0.750. The van der Waals surface area contributed by atoms with Crippen molar-refractivity contribution in [2.75, 3.05) is 75.5 Å². The molecule has 2 fully saturated rings. The SMILES string of the molecule is O=C(/C=C/C(=O)OCCN1CCSCC1)OCCN1CCSCC1. The number of rotatable bonds is 8. The third kappa shape index (κ3) is 8.41. The number of carbonyl (C=O) groups is 2. The summed E-state index contributed by atoms with van der Waals surface area (Å²) in [7, 11) is 0. The summed E-state index contributed by atoms with van der Waals surface area (Å²) in [6.07, 6.45) is 2.29. The Kier molecular flexibility index (Phi) is 9.64. The van der Waals surface area contributed by atoms with Gasteiger partial charge in [0.25, 0.3) is 0 Å². The second kappa shape index (κ2) is 11.8. The first-order valence-electron chi connectivity index (χ1n) is 8.36. The lowest BCUT2D eigenvalue weighted by molar-refractivity contribution is -0.140. The van der Waals surface area contributed by atoms with Crippen LogP contribution in [-0.4, -0.2) is 97.2 Å². The summed E-state index contributed by atoms with van der Waals surface area (Å²) in [6, 6.07) is 0. The molecule has 0 spiro atoms. The van der Waals surface area contributed by atoms with Crippen LogP contribution in [0.2, 0.25) is 0 Å². The highest BCUT2D eigenvalue weighted by Crippen LogP contribution is 2.09. The number of nitrogens with zero attached hydrogens (tertiary/aromatic N) is 2. The summed E-state index contributed by atoms with van der Waals surface area (Å²) < 4.78 is 10.2. The van der Waals surface area contributed by atoms with Gasteiger partial charge in [0.15, 0.2) is 0 Å². The molecule has 24 heavy (non-hydrogen) atoms. The fourth-order valence-electron chi connectivity index (χ4n) is 2.43. The van der Waals surface area contributed by atoms with Gasteiger partial charge in [0.1, 0.15) is 13.2 Å². The second-order valence-electron chi connectivity index (χ2n) is 5.58. The normalized spacial score (nSPS) is 20.2. The maximum atomic E-state index is 11.6. The molecule has 0 radical (unpaired) electrons. The molecule has 0 unspecified atom stereocenters. The molecule has 2 rings (SSSR count). The van der Waals surface area contributed by atoms with Gasteiger partial charge in [-0.2, -0.15) is 23.5 Å². The Bertz CT molecular complexity index is 384. The quantitative estimate of drug-likeness (QED) is 0.455. The maximum absolute atomic E-state index is 11.6. The number of hydrogen-bond donors (Lipinski definition) is 0. The molecule has 2 aliphatic heterocycles. The van der Waals surface area contributed by atoms with E-state index in [9.17, 15) is 9.59 Å². The maximum Gasteiger partial charge on any atom is 0.331 e. The third-order valence-electron chi connectivity index (χ3n) is 3.87. The van der Waals surface area contributed by atoms with Crippen LogP contribution in [0.5, 0.6) is 0 Å². The van der Waals surface area contributed by atoms with Crippen molar-refractivity contribution in [1.82, 2.24) is 9.80 Å². The second-order valence-corrected chi connectivity index (χ2v) is 8.03. The average Bonchev–Trinajstić information content (AvgIpc) is 2.62. The lowest BCUT2D eigenvalue weighted by Gasteiger charge is -2.25. The first-order valence-corrected chi connectivity index (χ1v) is 10.7. The lowest BCUT2D eigenvalue weighted by atomic mass is 10.4. The molecular formula is C16H26N2O4S2. The number of ether oxygens (including phenoxy) is 2. The molecule has 0 aliphatic carbocycles. The Morgan fingerprint density at radius 1 is 0.750 bits per heavy atom. The van der Waals surface area contributed by atoms with Crippen molar-refractivity contribution in [3.63, 3.8) is 0 Å². The molecule has 8 heteroatoms. The highest BCUT2D eigenvalue weighted by molar-refractivity contribution is 7.99. The van der Waals surface area contributed by atoms with Crippen LogP contribution < -0.4 is 0 Å². The van der Waals surface area contributed by atoms with E-state index in [1.807, 2.05) is 23.5 Å². The Hall–Kier alpha value is -0.700. The number of hydrogen-bond acceptors (Lipinski definition) is 8. The molecule has 0 aromatic rings.